The first-order valence-electron chi connectivity index (χ1n) is 8.64. The second-order valence-electron chi connectivity index (χ2n) is 6.64. The van der Waals surface area contributed by atoms with Crippen molar-refractivity contribution in [1.29, 1.82) is 0 Å². The van der Waals surface area contributed by atoms with E-state index in [9.17, 15) is 5.11 Å². The van der Waals surface area contributed by atoms with Gasteiger partial charge in [-0.15, -0.1) is 0 Å². The lowest BCUT2D eigenvalue weighted by Gasteiger charge is -2.20. The van der Waals surface area contributed by atoms with Gasteiger partial charge in [0, 0.05) is 0 Å². The summed E-state index contributed by atoms with van der Waals surface area (Å²) in [4.78, 5) is 0. The molecule has 1 heterocycles. The number of hydrogen-bond acceptors (Lipinski definition) is 2. The van der Waals surface area contributed by atoms with E-state index >= 15 is 0 Å². The van der Waals surface area contributed by atoms with Gasteiger partial charge in [0.05, 0.1) is 11.7 Å². The highest BCUT2D eigenvalue weighted by Gasteiger charge is 2.60. The van der Waals surface area contributed by atoms with Gasteiger partial charge in [0.25, 0.3) is 0 Å². The van der Waals surface area contributed by atoms with E-state index in [1.165, 1.54) is 70.6 Å². The van der Waals surface area contributed by atoms with Gasteiger partial charge in [-0.05, 0) is 25.7 Å². The van der Waals surface area contributed by atoms with Crippen molar-refractivity contribution < 1.29 is 9.84 Å². The highest BCUT2D eigenvalue weighted by atomic mass is 16.6. The standard InChI is InChI=1S/C17H32O2/c1-2-3-4-5-6-7-8-9-10-13-17-14-11-12-15(18)16(17)19-17/h15-16,18H,2-14H2,1H3/t15-,16-,17+/m1/s1. The van der Waals surface area contributed by atoms with E-state index in [-0.39, 0.29) is 17.8 Å². The molecule has 0 spiro atoms. The van der Waals surface area contributed by atoms with Gasteiger partial charge in [0.2, 0.25) is 0 Å². The Balaban J connectivity index is 1.43. The Morgan fingerprint density at radius 1 is 1.00 bits per heavy atom. The fourth-order valence-electron chi connectivity index (χ4n) is 3.67. The van der Waals surface area contributed by atoms with Crippen LogP contribution < -0.4 is 0 Å². The van der Waals surface area contributed by atoms with Gasteiger partial charge in [-0.3, -0.25) is 0 Å². The van der Waals surface area contributed by atoms with Gasteiger partial charge in [-0.2, -0.15) is 0 Å². The Hall–Kier alpha value is -0.0800. The van der Waals surface area contributed by atoms with E-state index in [1.807, 2.05) is 0 Å². The molecule has 2 fully saturated rings. The average Bonchev–Trinajstić information content (AvgIpc) is 3.13. The molecule has 1 aliphatic heterocycles. The Kier molecular flexibility index (Phi) is 6.15. The van der Waals surface area contributed by atoms with Crippen molar-refractivity contribution in [3.05, 3.63) is 0 Å². The molecule has 2 rings (SSSR count). The summed E-state index contributed by atoms with van der Waals surface area (Å²) in [6, 6.07) is 0. The molecule has 1 saturated carbocycles. The maximum absolute atomic E-state index is 9.80. The summed E-state index contributed by atoms with van der Waals surface area (Å²) in [7, 11) is 0. The minimum Gasteiger partial charge on any atom is -0.390 e. The van der Waals surface area contributed by atoms with Crippen molar-refractivity contribution in [2.75, 3.05) is 0 Å². The van der Waals surface area contributed by atoms with Crippen molar-refractivity contribution in [3.63, 3.8) is 0 Å². The number of unbranched alkanes of at least 4 members (excludes halogenated alkanes) is 8. The van der Waals surface area contributed by atoms with Crippen LogP contribution in [0.1, 0.15) is 90.4 Å². The van der Waals surface area contributed by atoms with Gasteiger partial charge >= 0.3 is 0 Å². The van der Waals surface area contributed by atoms with Gasteiger partial charge in [0.15, 0.2) is 0 Å². The zero-order chi connectivity index (χ0) is 13.6. The smallest absolute Gasteiger partial charge is 0.113 e. The van der Waals surface area contributed by atoms with Crippen molar-refractivity contribution in [3.8, 4) is 0 Å². The maximum atomic E-state index is 9.80. The fourth-order valence-corrected chi connectivity index (χ4v) is 3.67. The highest BCUT2D eigenvalue weighted by Crippen LogP contribution is 2.50. The quantitative estimate of drug-likeness (QED) is 0.464. The molecule has 0 amide bonds. The van der Waals surface area contributed by atoms with Crippen LogP contribution in [0, 0.1) is 0 Å². The van der Waals surface area contributed by atoms with Crippen LogP contribution in [-0.4, -0.2) is 22.9 Å². The first-order valence-corrected chi connectivity index (χ1v) is 8.64. The predicted octanol–water partition coefficient (Wildman–Crippen LogP) is 4.59. The third-order valence-electron chi connectivity index (χ3n) is 4.98. The molecular formula is C17H32O2. The summed E-state index contributed by atoms with van der Waals surface area (Å²) in [5.41, 5.74) is 0.110. The first kappa shape index (κ1) is 15.3. The van der Waals surface area contributed by atoms with Crippen LogP contribution in [0.5, 0.6) is 0 Å². The summed E-state index contributed by atoms with van der Waals surface area (Å²) >= 11 is 0. The molecule has 0 unspecified atom stereocenters. The second kappa shape index (κ2) is 7.64. The van der Waals surface area contributed by atoms with Crippen LogP contribution in [0.4, 0.5) is 0 Å². The number of aliphatic hydroxyl groups excluding tert-OH is 1. The molecule has 3 atom stereocenters. The van der Waals surface area contributed by atoms with Crippen molar-refractivity contribution in [2.24, 2.45) is 0 Å². The molecule has 0 bridgehead atoms. The normalized spacial score (nSPS) is 33.2. The molecule has 0 radical (unpaired) electrons. The second-order valence-corrected chi connectivity index (χ2v) is 6.64. The van der Waals surface area contributed by atoms with Crippen LogP contribution in [0.15, 0.2) is 0 Å². The number of ether oxygens (including phenoxy) is 1. The monoisotopic (exact) mass is 268 g/mol. The lowest BCUT2D eigenvalue weighted by molar-refractivity contribution is 0.122. The largest absolute Gasteiger partial charge is 0.390 e. The van der Waals surface area contributed by atoms with Gasteiger partial charge < -0.3 is 9.84 Å². The van der Waals surface area contributed by atoms with E-state index in [1.54, 1.807) is 0 Å². The summed E-state index contributed by atoms with van der Waals surface area (Å²) < 4.78 is 5.80. The van der Waals surface area contributed by atoms with Crippen LogP contribution in [0.2, 0.25) is 0 Å². The van der Waals surface area contributed by atoms with Gasteiger partial charge in [-0.25, -0.2) is 0 Å². The number of aliphatic hydroxyl groups is 1. The molecule has 0 aromatic carbocycles. The van der Waals surface area contributed by atoms with Crippen LogP contribution in [0.25, 0.3) is 0 Å². The Labute approximate surface area is 118 Å². The Bertz CT molecular complexity index is 254. The molecule has 2 heteroatoms. The van der Waals surface area contributed by atoms with E-state index in [0.717, 1.165) is 12.8 Å². The molecular weight excluding hydrogens is 236 g/mol. The average molecular weight is 268 g/mol. The third-order valence-corrected chi connectivity index (χ3v) is 4.98. The zero-order valence-corrected chi connectivity index (χ0v) is 12.7. The topological polar surface area (TPSA) is 32.8 Å². The molecule has 1 aliphatic carbocycles. The summed E-state index contributed by atoms with van der Waals surface area (Å²) in [5, 5.41) is 9.80. The predicted molar refractivity (Wildman–Crippen MR) is 79.3 cm³/mol. The van der Waals surface area contributed by atoms with E-state index in [0.29, 0.717) is 0 Å². The van der Waals surface area contributed by atoms with Gasteiger partial charge in [0.1, 0.15) is 6.10 Å². The van der Waals surface area contributed by atoms with Crippen LogP contribution in [0.3, 0.4) is 0 Å². The lowest BCUT2D eigenvalue weighted by atomic mass is 9.83. The van der Waals surface area contributed by atoms with E-state index in [2.05, 4.69) is 6.92 Å². The van der Waals surface area contributed by atoms with Gasteiger partial charge in [-0.1, -0.05) is 64.7 Å². The van der Waals surface area contributed by atoms with Crippen LogP contribution in [-0.2, 0) is 4.74 Å². The molecule has 1 N–H and O–H groups in total. The Morgan fingerprint density at radius 2 is 1.63 bits per heavy atom. The molecule has 19 heavy (non-hydrogen) atoms. The minimum atomic E-state index is -0.174. The minimum absolute atomic E-state index is 0.110. The van der Waals surface area contributed by atoms with Crippen molar-refractivity contribution in [2.45, 2.75) is 108 Å². The number of fused-ring (bicyclic) bond motifs is 1. The highest BCUT2D eigenvalue weighted by molar-refractivity contribution is 5.08. The molecule has 1 saturated heterocycles. The number of epoxide rings is 1. The fraction of sp³-hybridized carbons (Fsp3) is 1.00. The number of rotatable bonds is 10. The van der Waals surface area contributed by atoms with Crippen LogP contribution >= 0.6 is 0 Å². The van der Waals surface area contributed by atoms with E-state index < -0.39 is 0 Å². The molecule has 0 aromatic rings. The molecule has 112 valence electrons. The summed E-state index contributed by atoms with van der Waals surface area (Å²) in [5.74, 6) is 0. The van der Waals surface area contributed by atoms with Crippen molar-refractivity contribution >= 4 is 0 Å². The summed E-state index contributed by atoms with van der Waals surface area (Å²) in [6.07, 6.45) is 16.9. The maximum Gasteiger partial charge on any atom is 0.113 e. The Morgan fingerprint density at radius 3 is 2.32 bits per heavy atom. The SMILES string of the molecule is CCCCCCCCCCC[C@]12CCC[C@@H](O)[C@H]1O2. The molecule has 2 nitrogen and oxygen atoms in total. The summed E-state index contributed by atoms with van der Waals surface area (Å²) in [6.45, 7) is 2.27. The molecule has 0 aromatic heterocycles. The number of hydrogen-bond donors (Lipinski definition) is 1. The van der Waals surface area contributed by atoms with E-state index in [4.69, 9.17) is 4.74 Å². The zero-order valence-electron chi connectivity index (χ0n) is 12.7. The van der Waals surface area contributed by atoms with Crippen molar-refractivity contribution in [1.82, 2.24) is 0 Å². The first-order chi connectivity index (χ1) is 9.28. The third kappa shape index (κ3) is 4.46. The lowest BCUT2D eigenvalue weighted by Crippen LogP contribution is -2.29. The molecule has 2 aliphatic rings.